The van der Waals surface area contributed by atoms with E-state index in [0.717, 1.165) is 38.6 Å². The van der Waals surface area contributed by atoms with E-state index in [1.807, 2.05) is 11.9 Å². The van der Waals surface area contributed by atoms with Gasteiger partial charge in [0.2, 0.25) is 10.0 Å². The summed E-state index contributed by atoms with van der Waals surface area (Å²) in [5.41, 5.74) is 0.309. The standard InChI is InChI=1S/C19H29N3O3S/c1-20-14-16-8-7-11-21(15-16)19(23)17-9-3-4-10-18(17)26(24,25)22-12-5-2-6-13-22/h3-4,9-10,16,20H,2,5-8,11-15H2,1H3. The van der Waals surface area contributed by atoms with Gasteiger partial charge in [-0.1, -0.05) is 18.6 Å². The highest BCUT2D eigenvalue weighted by Crippen LogP contribution is 2.26. The zero-order chi connectivity index (χ0) is 18.6. The molecule has 7 heteroatoms. The highest BCUT2D eigenvalue weighted by Gasteiger charge is 2.32. The molecule has 0 aliphatic carbocycles. The Labute approximate surface area is 156 Å². The van der Waals surface area contributed by atoms with Gasteiger partial charge in [0.25, 0.3) is 5.91 Å². The van der Waals surface area contributed by atoms with Crippen LogP contribution in [0.3, 0.4) is 0 Å². The summed E-state index contributed by atoms with van der Waals surface area (Å²) in [6, 6.07) is 6.68. The van der Waals surface area contributed by atoms with E-state index in [1.165, 1.54) is 4.31 Å². The van der Waals surface area contributed by atoms with Gasteiger partial charge < -0.3 is 10.2 Å². The molecule has 0 saturated carbocycles. The Morgan fingerprint density at radius 3 is 2.58 bits per heavy atom. The summed E-state index contributed by atoms with van der Waals surface area (Å²) in [7, 11) is -1.71. The molecule has 0 radical (unpaired) electrons. The minimum atomic E-state index is -3.63. The summed E-state index contributed by atoms with van der Waals surface area (Å²) in [5.74, 6) is 0.255. The molecule has 6 nitrogen and oxygen atoms in total. The number of hydrogen-bond acceptors (Lipinski definition) is 4. The van der Waals surface area contributed by atoms with E-state index in [-0.39, 0.29) is 10.8 Å². The van der Waals surface area contributed by atoms with Crippen molar-refractivity contribution in [2.45, 2.75) is 37.0 Å². The first kappa shape index (κ1) is 19.3. The molecule has 2 fully saturated rings. The molecule has 26 heavy (non-hydrogen) atoms. The van der Waals surface area contributed by atoms with Crippen LogP contribution >= 0.6 is 0 Å². The van der Waals surface area contributed by atoms with Crippen molar-refractivity contribution in [2.75, 3.05) is 39.8 Å². The largest absolute Gasteiger partial charge is 0.338 e. The van der Waals surface area contributed by atoms with Crippen molar-refractivity contribution in [2.24, 2.45) is 5.92 Å². The second kappa shape index (κ2) is 8.50. The van der Waals surface area contributed by atoms with Crippen LogP contribution in [0.1, 0.15) is 42.5 Å². The molecule has 0 bridgehead atoms. The fourth-order valence-corrected chi connectivity index (χ4v) is 5.69. The number of carbonyl (C=O) groups is 1. The van der Waals surface area contributed by atoms with Crippen LogP contribution in [0.15, 0.2) is 29.2 Å². The molecule has 144 valence electrons. The second-order valence-corrected chi connectivity index (χ2v) is 9.18. The van der Waals surface area contributed by atoms with E-state index in [4.69, 9.17) is 0 Å². The molecule has 1 N–H and O–H groups in total. The Balaban J connectivity index is 1.85. The van der Waals surface area contributed by atoms with Gasteiger partial charge in [0.15, 0.2) is 0 Å². The lowest BCUT2D eigenvalue weighted by molar-refractivity contribution is 0.0670. The Bertz CT molecular complexity index is 727. The van der Waals surface area contributed by atoms with Crippen molar-refractivity contribution in [3.63, 3.8) is 0 Å². The summed E-state index contributed by atoms with van der Waals surface area (Å²) in [4.78, 5) is 15.1. The first-order chi connectivity index (χ1) is 12.5. The van der Waals surface area contributed by atoms with Gasteiger partial charge in [0.05, 0.1) is 10.5 Å². The molecule has 1 aromatic rings. The molecule has 0 aromatic heterocycles. The zero-order valence-corrected chi connectivity index (χ0v) is 16.3. The minimum Gasteiger partial charge on any atom is -0.338 e. The van der Waals surface area contributed by atoms with E-state index >= 15 is 0 Å². The number of nitrogens with zero attached hydrogens (tertiary/aromatic N) is 2. The molecule has 2 aliphatic heterocycles. The molecule has 2 aliphatic rings. The number of rotatable bonds is 5. The van der Waals surface area contributed by atoms with Crippen molar-refractivity contribution < 1.29 is 13.2 Å². The Morgan fingerprint density at radius 1 is 1.12 bits per heavy atom. The number of sulfonamides is 1. The first-order valence-electron chi connectivity index (χ1n) is 9.57. The van der Waals surface area contributed by atoms with Gasteiger partial charge in [-0.25, -0.2) is 8.42 Å². The molecule has 3 rings (SSSR count). The third kappa shape index (κ3) is 4.10. The topological polar surface area (TPSA) is 69.7 Å². The number of likely N-dealkylation sites (tertiary alicyclic amines) is 1. The molecule has 1 atom stereocenters. The first-order valence-corrected chi connectivity index (χ1v) is 11.0. The van der Waals surface area contributed by atoms with Gasteiger partial charge in [0, 0.05) is 26.2 Å². The maximum atomic E-state index is 13.1. The monoisotopic (exact) mass is 379 g/mol. The van der Waals surface area contributed by atoms with Crippen molar-refractivity contribution in [1.82, 2.24) is 14.5 Å². The Kier molecular flexibility index (Phi) is 6.32. The normalized spacial score (nSPS) is 22.3. The lowest BCUT2D eigenvalue weighted by Gasteiger charge is -2.33. The van der Waals surface area contributed by atoms with Crippen LogP contribution in [-0.2, 0) is 10.0 Å². The smallest absolute Gasteiger partial charge is 0.255 e. The molecule has 1 unspecified atom stereocenters. The number of piperidine rings is 2. The maximum Gasteiger partial charge on any atom is 0.255 e. The SMILES string of the molecule is CNCC1CCCN(C(=O)c2ccccc2S(=O)(=O)N2CCCCC2)C1. The van der Waals surface area contributed by atoms with Gasteiger partial charge in [-0.3, -0.25) is 4.79 Å². The van der Waals surface area contributed by atoms with E-state index in [2.05, 4.69) is 5.32 Å². The summed E-state index contributed by atoms with van der Waals surface area (Å²) in [6.07, 6.45) is 4.88. The van der Waals surface area contributed by atoms with E-state index < -0.39 is 10.0 Å². The average molecular weight is 380 g/mol. The number of benzene rings is 1. The lowest BCUT2D eigenvalue weighted by atomic mass is 9.97. The van der Waals surface area contributed by atoms with Gasteiger partial charge in [-0.2, -0.15) is 4.31 Å². The minimum absolute atomic E-state index is 0.155. The maximum absolute atomic E-state index is 13.1. The van der Waals surface area contributed by atoms with Crippen LogP contribution in [0.2, 0.25) is 0 Å². The lowest BCUT2D eigenvalue weighted by Crippen LogP contribution is -2.43. The number of nitrogens with one attached hydrogen (secondary N) is 1. The second-order valence-electron chi connectivity index (χ2n) is 7.28. The number of hydrogen-bond donors (Lipinski definition) is 1. The highest BCUT2D eigenvalue weighted by molar-refractivity contribution is 7.89. The molecular weight excluding hydrogens is 350 g/mol. The van der Waals surface area contributed by atoms with Crippen molar-refractivity contribution in [1.29, 1.82) is 0 Å². The van der Waals surface area contributed by atoms with E-state index in [9.17, 15) is 13.2 Å². The van der Waals surface area contributed by atoms with Crippen LogP contribution in [0, 0.1) is 5.92 Å². The van der Waals surface area contributed by atoms with E-state index in [0.29, 0.717) is 37.7 Å². The van der Waals surface area contributed by atoms with Gasteiger partial charge in [-0.15, -0.1) is 0 Å². The highest BCUT2D eigenvalue weighted by atomic mass is 32.2. The zero-order valence-electron chi connectivity index (χ0n) is 15.5. The van der Waals surface area contributed by atoms with Gasteiger partial charge in [-0.05, 0) is 57.3 Å². The predicted octanol–water partition coefficient (Wildman–Crippen LogP) is 1.93. The molecule has 2 saturated heterocycles. The van der Waals surface area contributed by atoms with Crippen molar-refractivity contribution in [3.8, 4) is 0 Å². The predicted molar refractivity (Wildman–Crippen MR) is 102 cm³/mol. The molecule has 0 spiro atoms. The Morgan fingerprint density at radius 2 is 1.85 bits per heavy atom. The van der Waals surface area contributed by atoms with Crippen LogP contribution < -0.4 is 5.32 Å². The molecule has 1 amide bonds. The number of carbonyl (C=O) groups excluding carboxylic acids is 1. The van der Waals surface area contributed by atoms with Crippen LogP contribution in [0.4, 0.5) is 0 Å². The van der Waals surface area contributed by atoms with E-state index in [1.54, 1.807) is 24.3 Å². The third-order valence-corrected chi connectivity index (χ3v) is 7.31. The van der Waals surface area contributed by atoms with Gasteiger partial charge >= 0.3 is 0 Å². The van der Waals surface area contributed by atoms with Crippen molar-refractivity contribution in [3.05, 3.63) is 29.8 Å². The summed E-state index contributed by atoms with van der Waals surface area (Å²) >= 11 is 0. The van der Waals surface area contributed by atoms with Crippen LogP contribution in [-0.4, -0.2) is 63.3 Å². The fraction of sp³-hybridized carbons (Fsp3) is 0.632. The quantitative estimate of drug-likeness (QED) is 0.849. The molecule has 2 heterocycles. The van der Waals surface area contributed by atoms with Crippen LogP contribution in [0.25, 0.3) is 0 Å². The third-order valence-electron chi connectivity index (χ3n) is 5.35. The Hall–Kier alpha value is -1.44. The molecular formula is C19H29N3O3S. The van der Waals surface area contributed by atoms with Crippen molar-refractivity contribution >= 4 is 15.9 Å². The summed E-state index contributed by atoms with van der Waals surface area (Å²) < 4.78 is 27.7. The number of amides is 1. The summed E-state index contributed by atoms with van der Waals surface area (Å²) in [5, 5.41) is 3.17. The van der Waals surface area contributed by atoms with Crippen LogP contribution in [0.5, 0.6) is 0 Å². The average Bonchev–Trinajstić information content (AvgIpc) is 2.68. The fourth-order valence-electron chi connectivity index (χ4n) is 3.99. The van der Waals surface area contributed by atoms with Gasteiger partial charge in [0.1, 0.15) is 0 Å². The molecule has 1 aromatic carbocycles. The summed E-state index contributed by atoms with van der Waals surface area (Å²) in [6.45, 7) is 3.32.